The van der Waals surface area contributed by atoms with E-state index in [-0.39, 0.29) is 20.4 Å². The Morgan fingerprint density at radius 2 is 1.71 bits per heavy atom. The predicted octanol–water partition coefficient (Wildman–Crippen LogP) is 3.49. The van der Waals surface area contributed by atoms with Crippen molar-refractivity contribution in [1.82, 2.24) is 9.73 Å². The summed E-state index contributed by atoms with van der Waals surface area (Å²) in [5.74, 6) is -0.616. The molecule has 35 heavy (non-hydrogen) atoms. The van der Waals surface area contributed by atoms with E-state index >= 15 is 0 Å². The standard InChI is InChI=1S/C23H24N4O5S3/c1-17(18-8-6-9-19(16-18)35(31,32)27-13-4-5-14-27)24-25-23(28)20-10-2-3-11-21(20)26-34(29,30)22-12-7-15-33-22/h2-3,6-12,15-16,26H,4-5,13-14H2,1H3,(H,25,28). The molecule has 4 rings (SSSR count). The number of amides is 1. The molecule has 3 aromatic rings. The molecule has 12 heteroatoms. The smallest absolute Gasteiger partial charge is 0.273 e. The molecular weight excluding hydrogens is 508 g/mol. The van der Waals surface area contributed by atoms with Crippen LogP contribution in [-0.4, -0.2) is 45.8 Å². The lowest BCUT2D eigenvalue weighted by Gasteiger charge is -2.16. The second-order valence-electron chi connectivity index (χ2n) is 7.86. The van der Waals surface area contributed by atoms with Crippen molar-refractivity contribution in [3.05, 3.63) is 77.2 Å². The lowest BCUT2D eigenvalue weighted by atomic mass is 10.1. The van der Waals surface area contributed by atoms with Crippen molar-refractivity contribution in [3.63, 3.8) is 0 Å². The van der Waals surface area contributed by atoms with E-state index < -0.39 is 26.0 Å². The lowest BCUT2D eigenvalue weighted by Crippen LogP contribution is -2.28. The molecular formula is C23H24N4O5S3. The van der Waals surface area contributed by atoms with Crippen LogP contribution in [0.15, 0.2) is 80.2 Å². The summed E-state index contributed by atoms with van der Waals surface area (Å²) in [6.45, 7) is 2.66. The summed E-state index contributed by atoms with van der Waals surface area (Å²) >= 11 is 1.07. The van der Waals surface area contributed by atoms with Crippen molar-refractivity contribution in [2.24, 2.45) is 5.10 Å². The number of hydrogen-bond acceptors (Lipinski definition) is 7. The first-order chi connectivity index (χ1) is 16.7. The van der Waals surface area contributed by atoms with Crippen LogP contribution < -0.4 is 10.1 Å². The number of anilines is 1. The van der Waals surface area contributed by atoms with Crippen molar-refractivity contribution in [3.8, 4) is 0 Å². The van der Waals surface area contributed by atoms with E-state index in [0.717, 1.165) is 24.2 Å². The molecule has 0 spiro atoms. The van der Waals surface area contributed by atoms with E-state index in [2.05, 4.69) is 15.2 Å². The summed E-state index contributed by atoms with van der Waals surface area (Å²) in [6, 6.07) is 15.7. The van der Waals surface area contributed by atoms with Crippen molar-refractivity contribution >= 4 is 48.7 Å². The molecule has 1 amide bonds. The van der Waals surface area contributed by atoms with Crippen molar-refractivity contribution in [2.45, 2.75) is 28.9 Å². The van der Waals surface area contributed by atoms with Crippen LogP contribution in [0.1, 0.15) is 35.7 Å². The van der Waals surface area contributed by atoms with Crippen molar-refractivity contribution in [2.75, 3.05) is 17.8 Å². The number of hydrazone groups is 1. The van der Waals surface area contributed by atoms with Gasteiger partial charge in [-0.3, -0.25) is 9.52 Å². The molecule has 0 saturated carbocycles. The largest absolute Gasteiger partial charge is 0.278 e. The lowest BCUT2D eigenvalue weighted by molar-refractivity contribution is 0.0955. The number of carbonyl (C=O) groups is 1. The minimum absolute atomic E-state index is 0.0922. The van der Waals surface area contributed by atoms with Crippen molar-refractivity contribution < 1.29 is 21.6 Å². The quantitative estimate of drug-likeness (QED) is 0.339. The third-order valence-corrected chi connectivity index (χ3v) is 10.1. The third-order valence-electron chi connectivity index (χ3n) is 5.46. The zero-order valence-electron chi connectivity index (χ0n) is 18.8. The topological polar surface area (TPSA) is 125 Å². The van der Waals surface area contributed by atoms with Gasteiger partial charge in [-0.25, -0.2) is 22.3 Å². The second kappa shape index (κ2) is 10.3. The van der Waals surface area contributed by atoms with Gasteiger partial charge < -0.3 is 0 Å². The summed E-state index contributed by atoms with van der Waals surface area (Å²) in [7, 11) is -7.42. The highest BCUT2D eigenvalue weighted by atomic mass is 32.2. The number of nitrogens with one attached hydrogen (secondary N) is 2. The van der Waals surface area contributed by atoms with Crippen LogP contribution in [0, 0.1) is 0 Å². The number of benzene rings is 2. The Hall–Kier alpha value is -3.06. The van der Waals surface area contributed by atoms with E-state index in [1.807, 2.05) is 0 Å². The SMILES string of the molecule is CC(=NNC(=O)c1ccccc1NS(=O)(=O)c1cccs1)c1cccc(S(=O)(=O)N2CCCC2)c1. The minimum atomic E-state index is -3.83. The second-order valence-corrected chi connectivity index (χ2v) is 12.7. The Bertz CT molecular complexity index is 1460. The summed E-state index contributed by atoms with van der Waals surface area (Å²) in [6.07, 6.45) is 1.69. The first kappa shape index (κ1) is 25.0. The highest BCUT2D eigenvalue weighted by Gasteiger charge is 2.27. The normalized spacial score (nSPS) is 15.2. The molecule has 1 saturated heterocycles. The molecule has 1 aromatic heterocycles. The Morgan fingerprint density at radius 1 is 0.971 bits per heavy atom. The molecule has 0 aliphatic carbocycles. The van der Waals surface area contributed by atoms with Crippen LogP contribution in [0.25, 0.3) is 0 Å². The Kier molecular flexibility index (Phi) is 7.36. The number of thiophene rings is 1. The van der Waals surface area contributed by atoms with Gasteiger partial charge in [-0.2, -0.15) is 9.41 Å². The van der Waals surface area contributed by atoms with Crippen LogP contribution in [0.2, 0.25) is 0 Å². The summed E-state index contributed by atoms with van der Waals surface area (Å²) in [5, 5.41) is 5.76. The number of rotatable bonds is 8. The third kappa shape index (κ3) is 5.61. The first-order valence-electron chi connectivity index (χ1n) is 10.8. The zero-order valence-corrected chi connectivity index (χ0v) is 21.3. The molecule has 1 aliphatic heterocycles. The predicted molar refractivity (Wildman–Crippen MR) is 136 cm³/mol. The van der Waals surface area contributed by atoms with Crippen LogP contribution in [-0.2, 0) is 20.0 Å². The van der Waals surface area contributed by atoms with Gasteiger partial charge in [-0.05, 0) is 61.0 Å². The number of para-hydroxylation sites is 1. The average molecular weight is 533 g/mol. The van der Waals surface area contributed by atoms with Crippen LogP contribution >= 0.6 is 11.3 Å². The van der Waals surface area contributed by atoms with E-state index in [0.29, 0.717) is 24.4 Å². The zero-order chi connectivity index (χ0) is 25.1. The van der Waals surface area contributed by atoms with Gasteiger partial charge in [0.1, 0.15) is 4.21 Å². The van der Waals surface area contributed by atoms with Gasteiger partial charge in [0.15, 0.2) is 0 Å². The van der Waals surface area contributed by atoms with Crippen LogP contribution in [0.3, 0.4) is 0 Å². The van der Waals surface area contributed by atoms with E-state index in [4.69, 9.17) is 0 Å². The van der Waals surface area contributed by atoms with Crippen LogP contribution in [0.5, 0.6) is 0 Å². The Labute approximate surface area is 208 Å². The maximum Gasteiger partial charge on any atom is 0.273 e. The molecule has 0 radical (unpaired) electrons. The highest BCUT2D eigenvalue weighted by Crippen LogP contribution is 2.24. The number of nitrogens with zero attached hydrogens (tertiary/aromatic N) is 2. The van der Waals surface area contributed by atoms with Gasteiger partial charge >= 0.3 is 0 Å². The van der Waals surface area contributed by atoms with Gasteiger partial charge in [-0.15, -0.1) is 11.3 Å². The molecule has 2 N–H and O–H groups in total. The monoisotopic (exact) mass is 532 g/mol. The Morgan fingerprint density at radius 3 is 2.43 bits per heavy atom. The molecule has 0 bridgehead atoms. The first-order valence-corrected chi connectivity index (χ1v) is 14.6. The summed E-state index contributed by atoms with van der Waals surface area (Å²) in [4.78, 5) is 13.0. The van der Waals surface area contributed by atoms with Gasteiger partial charge in [0.25, 0.3) is 15.9 Å². The van der Waals surface area contributed by atoms with E-state index in [9.17, 15) is 21.6 Å². The molecule has 1 aliphatic rings. The number of hydrogen-bond donors (Lipinski definition) is 2. The van der Waals surface area contributed by atoms with E-state index in [1.54, 1.807) is 48.7 Å². The molecule has 1 fully saturated rings. The maximum absolute atomic E-state index is 12.9. The van der Waals surface area contributed by atoms with Crippen LogP contribution in [0.4, 0.5) is 5.69 Å². The molecule has 2 heterocycles. The summed E-state index contributed by atoms with van der Waals surface area (Å²) in [5.41, 5.74) is 3.57. The van der Waals surface area contributed by atoms with Gasteiger partial charge in [0.2, 0.25) is 10.0 Å². The molecule has 184 valence electrons. The van der Waals surface area contributed by atoms with Crippen molar-refractivity contribution in [1.29, 1.82) is 0 Å². The maximum atomic E-state index is 12.9. The highest BCUT2D eigenvalue weighted by molar-refractivity contribution is 7.94. The van der Waals surface area contributed by atoms with Gasteiger partial charge in [0, 0.05) is 13.1 Å². The fourth-order valence-corrected chi connectivity index (χ4v) is 7.24. The molecule has 9 nitrogen and oxygen atoms in total. The van der Waals surface area contributed by atoms with Gasteiger partial charge in [0.05, 0.1) is 21.9 Å². The fourth-order valence-electron chi connectivity index (χ4n) is 3.60. The van der Waals surface area contributed by atoms with Gasteiger partial charge in [-0.1, -0.05) is 30.3 Å². The Balaban J connectivity index is 1.52. The molecule has 0 atom stereocenters. The van der Waals surface area contributed by atoms with E-state index in [1.165, 1.54) is 28.6 Å². The average Bonchev–Trinajstić information content (AvgIpc) is 3.58. The minimum Gasteiger partial charge on any atom is -0.278 e. The summed E-state index contributed by atoms with van der Waals surface area (Å²) < 4.78 is 54.9. The number of carbonyl (C=O) groups excluding carboxylic acids is 1. The fraction of sp³-hybridized carbons (Fsp3) is 0.217. The molecule has 0 unspecified atom stereocenters. The number of sulfonamides is 2. The molecule has 2 aromatic carbocycles.